The summed E-state index contributed by atoms with van der Waals surface area (Å²) in [6.07, 6.45) is 7.24. The number of nitrogens with zero attached hydrogens (tertiary/aromatic N) is 2. The van der Waals surface area contributed by atoms with Gasteiger partial charge in [-0.1, -0.05) is 36.8 Å². The maximum absolute atomic E-state index is 10.5. The fourth-order valence-electron chi connectivity index (χ4n) is 3.98. The van der Waals surface area contributed by atoms with Crippen LogP contribution < -0.4 is 0 Å². The van der Waals surface area contributed by atoms with E-state index >= 15 is 0 Å². The zero-order valence-electron chi connectivity index (χ0n) is 13.7. The third-order valence-corrected chi connectivity index (χ3v) is 5.33. The number of aliphatic hydroxyl groups is 1. The van der Waals surface area contributed by atoms with E-state index in [0.29, 0.717) is 6.04 Å². The fraction of sp³-hybridized carbons (Fsp3) is 0.684. The van der Waals surface area contributed by atoms with Gasteiger partial charge in [0.15, 0.2) is 0 Å². The van der Waals surface area contributed by atoms with Gasteiger partial charge >= 0.3 is 0 Å². The first-order valence-corrected chi connectivity index (χ1v) is 9.02. The Balaban J connectivity index is 1.47. The van der Waals surface area contributed by atoms with Gasteiger partial charge in [-0.15, -0.1) is 0 Å². The molecule has 2 atom stereocenters. The molecule has 1 aromatic carbocycles. The standard InChI is InChI=1S/C19H30N2O/c22-19(17-8-3-1-4-9-17)16-18-10-7-13-21(18)15-14-20-11-5-2-6-12-20/h1,3-4,8-9,18-19,22H,2,5-7,10-16H2/t18-,19-/m1/s1. The molecule has 2 aliphatic heterocycles. The fourth-order valence-corrected chi connectivity index (χ4v) is 3.98. The molecule has 3 rings (SSSR count). The summed E-state index contributed by atoms with van der Waals surface area (Å²) in [6, 6.07) is 10.7. The minimum absolute atomic E-state index is 0.318. The van der Waals surface area contributed by atoms with Gasteiger partial charge in [-0.3, -0.25) is 4.90 Å². The smallest absolute Gasteiger partial charge is 0.0805 e. The molecular formula is C19H30N2O. The summed E-state index contributed by atoms with van der Waals surface area (Å²) in [4.78, 5) is 5.23. The van der Waals surface area contributed by atoms with Gasteiger partial charge in [0.2, 0.25) is 0 Å². The second kappa shape index (κ2) is 8.09. The Morgan fingerprint density at radius 3 is 2.50 bits per heavy atom. The lowest BCUT2D eigenvalue weighted by Gasteiger charge is -2.31. The van der Waals surface area contributed by atoms with Crippen molar-refractivity contribution in [1.82, 2.24) is 9.80 Å². The van der Waals surface area contributed by atoms with E-state index in [1.54, 1.807) is 0 Å². The van der Waals surface area contributed by atoms with Crippen molar-refractivity contribution in [3.63, 3.8) is 0 Å². The molecule has 2 heterocycles. The van der Waals surface area contributed by atoms with Crippen molar-refractivity contribution in [2.24, 2.45) is 0 Å². The number of hydrogen-bond acceptors (Lipinski definition) is 3. The van der Waals surface area contributed by atoms with Gasteiger partial charge in [-0.2, -0.15) is 0 Å². The summed E-state index contributed by atoms with van der Waals surface area (Å²) in [5.74, 6) is 0. The van der Waals surface area contributed by atoms with Crippen LogP contribution in [0.5, 0.6) is 0 Å². The molecule has 0 unspecified atom stereocenters. The van der Waals surface area contributed by atoms with E-state index in [-0.39, 0.29) is 6.10 Å². The van der Waals surface area contributed by atoms with Crippen LogP contribution in [0.25, 0.3) is 0 Å². The van der Waals surface area contributed by atoms with Crippen LogP contribution in [0.15, 0.2) is 30.3 Å². The molecule has 2 fully saturated rings. The Morgan fingerprint density at radius 1 is 0.955 bits per heavy atom. The lowest BCUT2D eigenvalue weighted by Crippen LogP contribution is -2.40. The first kappa shape index (κ1) is 16.0. The Hall–Kier alpha value is -0.900. The predicted octanol–water partition coefficient (Wildman–Crippen LogP) is 3.06. The van der Waals surface area contributed by atoms with Gasteiger partial charge in [-0.25, -0.2) is 0 Å². The van der Waals surface area contributed by atoms with Crippen LogP contribution in [0.1, 0.15) is 50.2 Å². The van der Waals surface area contributed by atoms with Crippen LogP contribution in [0.2, 0.25) is 0 Å². The average Bonchev–Trinajstić information content (AvgIpc) is 3.02. The highest BCUT2D eigenvalue weighted by Crippen LogP contribution is 2.27. The highest BCUT2D eigenvalue weighted by Gasteiger charge is 2.27. The molecule has 0 radical (unpaired) electrons. The molecule has 0 amide bonds. The van der Waals surface area contributed by atoms with Crippen LogP contribution in [0, 0.1) is 0 Å². The number of piperidine rings is 1. The number of rotatable bonds is 6. The van der Waals surface area contributed by atoms with Crippen molar-refractivity contribution < 1.29 is 5.11 Å². The molecule has 3 nitrogen and oxygen atoms in total. The lowest BCUT2D eigenvalue weighted by molar-refractivity contribution is 0.111. The summed E-state index contributed by atoms with van der Waals surface area (Å²) < 4.78 is 0. The van der Waals surface area contributed by atoms with Crippen LogP contribution in [0.4, 0.5) is 0 Å². The van der Waals surface area contributed by atoms with Gasteiger partial charge in [0.1, 0.15) is 0 Å². The maximum Gasteiger partial charge on any atom is 0.0805 e. The van der Waals surface area contributed by atoms with Crippen molar-refractivity contribution in [2.45, 2.75) is 50.7 Å². The highest BCUT2D eigenvalue weighted by molar-refractivity contribution is 5.17. The Morgan fingerprint density at radius 2 is 1.73 bits per heavy atom. The van der Waals surface area contributed by atoms with E-state index in [2.05, 4.69) is 9.80 Å². The molecule has 1 aromatic rings. The summed E-state index contributed by atoms with van der Waals surface area (Å²) >= 11 is 0. The topological polar surface area (TPSA) is 26.7 Å². The molecule has 0 aromatic heterocycles. The second-order valence-corrected chi connectivity index (χ2v) is 6.90. The molecule has 22 heavy (non-hydrogen) atoms. The Labute approximate surface area is 134 Å². The number of aliphatic hydroxyl groups excluding tert-OH is 1. The number of benzene rings is 1. The van der Waals surface area contributed by atoms with Gasteiger partial charge in [-0.05, 0) is 57.3 Å². The summed E-state index contributed by atoms with van der Waals surface area (Å²) in [5, 5.41) is 10.5. The van der Waals surface area contributed by atoms with Gasteiger partial charge < -0.3 is 10.0 Å². The van der Waals surface area contributed by atoms with E-state index in [1.165, 1.54) is 64.8 Å². The van der Waals surface area contributed by atoms with Crippen LogP contribution in [-0.2, 0) is 0 Å². The van der Waals surface area contributed by atoms with Crippen molar-refractivity contribution >= 4 is 0 Å². The molecule has 3 heteroatoms. The summed E-state index contributed by atoms with van der Waals surface area (Å²) in [5.41, 5.74) is 1.06. The monoisotopic (exact) mass is 302 g/mol. The first-order chi connectivity index (χ1) is 10.8. The zero-order chi connectivity index (χ0) is 15.2. The Kier molecular flexibility index (Phi) is 5.88. The minimum atomic E-state index is -0.318. The molecular weight excluding hydrogens is 272 g/mol. The molecule has 1 N–H and O–H groups in total. The number of likely N-dealkylation sites (tertiary alicyclic amines) is 2. The molecule has 0 spiro atoms. The van der Waals surface area contributed by atoms with E-state index in [0.717, 1.165) is 12.0 Å². The predicted molar refractivity (Wildman–Crippen MR) is 90.9 cm³/mol. The van der Waals surface area contributed by atoms with Crippen molar-refractivity contribution in [3.8, 4) is 0 Å². The zero-order valence-corrected chi connectivity index (χ0v) is 13.7. The van der Waals surface area contributed by atoms with E-state index < -0.39 is 0 Å². The third-order valence-electron chi connectivity index (χ3n) is 5.33. The van der Waals surface area contributed by atoms with E-state index in [4.69, 9.17) is 0 Å². The minimum Gasteiger partial charge on any atom is -0.388 e. The van der Waals surface area contributed by atoms with Crippen LogP contribution >= 0.6 is 0 Å². The van der Waals surface area contributed by atoms with Crippen LogP contribution in [0.3, 0.4) is 0 Å². The van der Waals surface area contributed by atoms with E-state index in [9.17, 15) is 5.11 Å². The second-order valence-electron chi connectivity index (χ2n) is 6.90. The first-order valence-electron chi connectivity index (χ1n) is 9.02. The molecule has 122 valence electrons. The molecule has 0 saturated carbocycles. The van der Waals surface area contributed by atoms with Gasteiger partial charge in [0.25, 0.3) is 0 Å². The van der Waals surface area contributed by atoms with Crippen molar-refractivity contribution in [2.75, 3.05) is 32.7 Å². The van der Waals surface area contributed by atoms with Gasteiger partial charge in [0.05, 0.1) is 6.10 Å². The average molecular weight is 302 g/mol. The molecule has 0 bridgehead atoms. The SMILES string of the molecule is O[C@H](C[C@H]1CCCN1CCN1CCCCC1)c1ccccc1. The quantitative estimate of drug-likeness (QED) is 0.875. The van der Waals surface area contributed by atoms with Crippen molar-refractivity contribution in [1.29, 1.82) is 0 Å². The Bertz CT molecular complexity index is 430. The van der Waals surface area contributed by atoms with Gasteiger partial charge in [0, 0.05) is 19.1 Å². The largest absolute Gasteiger partial charge is 0.388 e. The highest BCUT2D eigenvalue weighted by atomic mass is 16.3. The summed E-state index contributed by atoms with van der Waals surface area (Å²) in [7, 11) is 0. The maximum atomic E-state index is 10.5. The lowest BCUT2D eigenvalue weighted by atomic mass is 10.0. The normalized spacial score (nSPS) is 25.4. The third kappa shape index (κ3) is 4.31. The molecule has 2 aliphatic rings. The number of hydrogen-bond donors (Lipinski definition) is 1. The molecule has 0 aliphatic carbocycles. The van der Waals surface area contributed by atoms with Crippen LogP contribution in [-0.4, -0.2) is 53.7 Å². The summed E-state index contributed by atoms with van der Waals surface area (Å²) in [6.45, 7) is 6.15. The van der Waals surface area contributed by atoms with E-state index in [1.807, 2.05) is 30.3 Å². The molecule has 2 saturated heterocycles. The van der Waals surface area contributed by atoms with Crippen molar-refractivity contribution in [3.05, 3.63) is 35.9 Å².